The summed E-state index contributed by atoms with van der Waals surface area (Å²) in [4.78, 5) is 30.5. The highest BCUT2D eigenvalue weighted by atomic mass is 79.9. The second kappa shape index (κ2) is 12.2. The van der Waals surface area contributed by atoms with E-state index in [1.54, 1.807) is 21.9 Å². The van der Waals surface area contributed by atoms with Crippen molar-refractivity contribution in [2.75, 3.05) is 26.2 Å². The van der Waals surface area contributed by atoms with Gasteiger partial charge in [-0.3, -0.25) is 9.59 Å². The fourth-order valence-electron chi connectivity index (χ4n) is 4.28. The Morgan fingerprint density at radius 3 is 2.54 bits per heavy atom. The summed E-state index contributed by atoms with van der Waals surface area (Å²) in [6.07, 6.45) is 2.53. The van der Waals surface area contributed by atoms with E-state index in [0.29, 0.717) is 31.8 Å². The maximum absolute atomic E-state index is 13.6. The third kappa shape index (κ3) is 7.29. The van der Waals surface area contributed by atoms with Crippen molar-refractivity contribution in [3.8, 4) is 0 Å². The minimum atomic E-state index is -0.174. The molecule has 2 heterocycles. The molecule has 4 rings (SSSR count). The SMILES string of the molecule is Cc1ccc(CN(CCc2ccccc2)C(=O)CN(C[C@H]2CCCO2)C(=O)c2cccc(Br)c2)o1. The number of carbonyl (C=O) groups excluding carboxylic acids is 2. The molecule has 184 valence electrons. The van der Waals surface area contributed by atoms with Crippen LogP contribution in [0.4, 0.5) is 0 Å². The smallest absolute Gasteiger partial charge is 0.254 e. The minimum Gasteiger partial charge on any atom is -0.464 e. The van der Waals surface area contributed by atoms with Gasteiger partial charge in [0, 0.05) is 29.7 Å². The molecule has 0 N–H and O–H groups in total. The van der Waals surface area contributed by atoms with Crippen LogP contribution in [0, 0.1) is 6.92 Å². The molecule has 0 radical (unpaired) electrons. The summed E-state index contributed by atoms with van der Waals surface area (Å²) in [5.74, 6) is 1.25. The second-order valence-electron chi connectivity index (χ2n) is 8.89. The summed E-state index contributed by atoms with van der Waals surface area (Å²) in [6, 6.07) is 21.2. The Bertz CT molecular complexity index is 1120. The van der Waals surface area contributed by atoms with Crippen molar-refractivity contribution < 1.29 is 18.7 Å². The number of ether oxygens (including phenoxy) is 1. The number of nitrogens with zero attached hydrogens (tertiary/aromatic N) is 2. The Labute approximate surface area is 215 Å². The zero-order chi connectivity index (χ0) is 24.6. The summed E-state index contributed by atoms with van der Waals surface area (Å²) in [7, 11) is 0. The molecule has 1 aliphatic rings. The van der Waals surface area contributed by atoms with Gasteiger partial charge in [0.25, 0.3) is 5.91 Å². The summed E-state index contributed by atoms with van der Waals surface area (Å²) >= 11 is 3.44. The van der Waals surface area contributed by atoms with E-state index < -0.39 is 0 Å². The van der Waals surface area contributed by atoms with E-state index in [2.05, 4.69) is 28.1 Å². The first-order chi connectivity index (χ1) is 17.0. The zero-order valence-electron chi connectivity index (χ0n) is 20.0. The molecule has 6 nitrogen and oxygen atoms in total. The Balaban J connectivity index is 1.52. The molecule has 2 aromatic carbocycles. The van der Waals surface area contributed by atoms with Crippen molar-refractivity contribution in [3.05, 3.63) is 93.9 Å². The van der Waals surface area contributed by atoms with Crippen LogP contribution in [-0.4, -0.2) is 54.0 Å². The number of benzene rings is 2. The Morgan fingerprint density at radius 1 is 1.03 bits per heavy atom. The van der Waals surface area contributed by atoms with Crippen LogP contribution in [0.2, 0.25) is 0 Å². The van der Waals surface area contributed by atoms with E-state index in [1.165, 1.54) is 0 Å². The van der Waals surface area contributed by atoms with E-state index in [-0.39, 0.29) is 24.5 Å². The monoisotopic (exact) mass is 538 g/mol. The zero-order valence-corrected chi connectivity index (χ0v) is 21.6. The Kier molecular flexibility index (Phi) is 8.77. The molecule has 0 spiro atoms. The molecule has 1 aliphatic heterocycles. The van der Waals surface area contributed by atoms with Crippen LogP contribution < -0.4 is 0 Å². The minimum absolute atomic E-state index is 0.0142. The Morgan fingerprint density at radius 2 is 1.86 bits per heavy atom. The lowest BCUT2D eigenvalue weighted by molar-refractivity contribution is -0.133. The highest BCUT2D eigenvalue weighted by Crippen LogP contribution is 2.18. The van der Waals surface area contributed by atoms with Crippen LogP contribution in [0.3, 0.4) is 0 Å². The van der Waals surface area contributed by atoms with Crippen molar-refractivity contribution in [2.24, 2.45) is 0 Å². The molecule has 1 saturated heterocycles. The molecule has 0 bridgehead atoms. The number of halogens is 1. The molecule has 0 aliphatic carbocycles. The fourth-order valence-corrected chi connectivity index (χ4v) is 4.68. The molecular weight excluding hydrogens is 508 g/mol. The second-order valence-corrected chi connectivity index (χ2v) is 9.81. The molecule has 1 aromatic heterocycles. The largest absolute Gasteiger partial charge is 0.464 e. The van der Waals surface area contributed by atoms with Gasteiger partial charge in [0.1, 0.15) is 18.1 Å². The number of furan rings is 1. The summed E-state index contributed by atoms with van der Waals surface area (Å²) in [5, 5.41) is 0. The van der Waals surface area contributed by atoms with E-state index in [1.807, 2.05) is 49.4 Å². The molecule has 0 saturated carbocycles. The van der Waals surface area contributed by atoms with Gasteiger partial charge >= 0.3 is 0 Å². The first-order valence-corrected chi connectivity index (χ1v) is 12.8. The lowest BCUT2D eigenvalue weighted by Crippen LogP contribution is -2.46. The summed E-state index contributed by atoms with van der Waals surface area (Å²) < 4.78 is 12.4. The molecular formula is C28H31BrN2O4. The van der Waals surface area contributed by atoms with Crippen LogP contribution in [0.25, 0.3) is 0 Å². The van der Waals surface area contributed by atoms with Crippen molar-refractivity contribution >= 4 is 27.7 Å². The van der Waals surface area contributed by atoms with Gasteiger partial charge in [0.2, 0.25) is 5.91 Å². The third-order valence-electron chi connectivity index (χ3n) is 6.14. The molecule has 2 amide bonds. The number of aryl methyl sites for hydroxylation is 1. The molecule has 7 heteroatoms. The Hall–Kier alpha value is -2.90. The first kappa shape index (κ1) is 25.2. The summed E-state index contributed by atoms with van der Waals surface area (Å²) in [5.41, 5.74) is 1.70. The van der Waals surface area contributed by atoms with Crippen molar-refractivity contribution in [3.63, 3.8) is 0 Å². The lowest BCUT2D eigenvalue weighted by Gasteiger charge is -2.29. The molecule has 1 fully saturated rings. The standard InChI is InChI=1S/C28H31BrN2O4/c1-21-12-13-26(35-21)19-30(15-14-22-7-3-2-4-8-22)27(32)20-31(18-25-11-6-16-34-25)28(33)23-9-5-10-24(29)17-23/h2-5,7-10,12-13,17,25H,6,11,14-16,18-20H2,1H3/t25-/m1/s1. The predicted molar refractivity (Wildman–Crippen MR) is 138 cm³/mol. The highest BCUT2D eigenvalue weighted by molar-refractivity contribution is 9.10. The maximum atomic E-state index is 13.6. The van der Waals surface area contributed by atoms with Crippen LogP contribution in [-0.2, 0) is 22.5 Å². The third-order valence-corrected chi connectivity index (χ3v) is 6.63. The van der Waals surface area contributed by atoms with Crippen LogP contribution >= 0.6 is 15.9 Å². The summed E-state index contributed by atoms with van der Waals surface area (Å²) in [6.45, 7) is 3.85. The number of hydrogen-bond acceptors (Lipinski definition) is 4. The normalized spacial score (nSPS) is 15.2. The number of hydrogen-bond donors (Lipinski definition) is 0. The highest BCUT2D eigenvalue weighted by Gasteiger charge is 2.27. The molecule has 35 heavy (non-hydrogen) atoms. The van der Waals surface area contributed by atoms with Gasteiger partial charge in [-0.2, -0.15) is 0 Å². The van der Waals surface area contributed by atoms with Crippen LogP contribution in [0.5, 0.6) is 0 Å². The molecule has 0 unspecified atom stereocenters. The van der Waals surface area contributed by atoms with Crippen LogP contribution in [0.15, 0.2) is 75.6 Å². The van der Waals surface area contributed by atoms with Crippen molar-refractivity contribution in [2.45, 2.75) is 38.8 Å². The van der Waals surface area contributed by atoms with Gasteiger partial charge in [0.05, 0.1) is 12.6 Å². The fraction of sp³-hybridized carbons (Fsp3) is 0.357. The van der Waals surface area contributed by atoms with Gasteiger partial charge in [-0.05, 0) is 62.1 Å². The topological polar surface area (TPSA) is 63.0 Å². The van der Waals surface area contributed by atoms with Gasteiger partial charge in [-0.1, -0.05) is 52.3 Å². The van der Waals surface area contributed by atoms with E-state index in [9.17, 15) is 9.59 Å². The van der Waals surface area contributed by atoms with E-state index >= 15 is 0 Å². The molecule has 1 atom stereocenters. The van der Waals surface area contributed by atoms with Gasteiger partial charge in [0.15, 0.2) is 0 Å². The van der Waals surface area contributed by atoms with Crippen molar-refractivity contribution in [1.82, 2.24) is 9.80 Å². The van der Waals surface area contributed by atoms with Gasteiger partial charge in [-0.25, -0.2) is 0 Å². The average Bonchev–Trinajstić information content (AvgIpc) is 3.53. The lowest BCUT2D eigenvalue weighted by atomic mass is 10.1. The quantitative estimate of drug-likeness (QED) is 0.354. The van der Waals surface area contributed by atoms with Gasteiger partial charge < -0.3 is 19.0 Å². The van der Waals surface area contributed by atoms with Crippen LogP contribution in [0.1, 0.15) is 40.3 Å². The number of rotatable bonds is 10. The van der Waals surface area contributed by atoms with Gasteiger partial charge in [-0.15, -0.1) is 0 Å². The number of carbonyl (C=O) groups is 2. The maximum Gasteiger partial charge on any atom is 0.254 e. The number of amides is 2. The average molecular weight is 539 g/mol. The van der Waals surface area contributed by atoms with E-state index in [0.717, 1.165) is 40.8 Å². The van der Waals surface area contributed by atoms with E-state index in [4.69, 9.17) is 9.15 Å². The first-order valence-electron chi connectivity index (χ1n) is 12.0. The predicted octanol–water partition coefficient (Wildman–Crippen LogP) is 5.24. The molecule has 3 aromatic rings. The van der Waals surface area contributed by atoms with Crippen molar-refractivity contribution in [1.29, 1.82) is 0 Å².